The van der Waals surface area contributed by atoms with Crippen molar-refractivity contribution in [3.05, 3.63) is 53.3 Å². The first-order valence-electron chi connectivity index (χ1n) is 8.13. The van der Waals surface area contributed by atoms with Crippen molar-refractivity contribution in [3.8, 4) is 0 Å². The van der Waals surface area contributed by atoms with Gasteiger partial charge in [-0.2, -0.15) is 5.10 Å². The number of carboxylic acid groups (broad SMARTS) is 1. The summed E-state index contributed by atoms with van der Waals surface area (Å²) in [5, 5.41) is 13.1. The van der Waals surface area contributed by atoms with Crippen LogP contribution < -0.4 is 0 Å². The van der Waals surface area contributed by atoms with E-state index in [1.54, 1.807) is 10.9 Å². The van der Waals surface area contributed by atoms with Gasteiger partial charge in [0.2, 0.25) is 5.91 Å². The van der Waals surface area contributed by atoms with Crippen LogP contribution in [0.15, 0.2) is 36.7 Å². The summed E-state index contributed by atoms with van der Waals surface area (Å²) in [7, 11) is 0. The number of hydrogen-bond donors (Lipinski definition) is 1. The lowest BCUT2D eigenvalue weighted by atomic mass is 10.0. The molecule has 126 valence electrons. The average molecular weight is 327 g/mol. The Hall–Kier alpha value is -2.63. The van der Waals surface area contributed by atoms with Gasteiger partial charge in [-0.3, -0.25) is 9.48 Å². The van der Waals surface area contributed by atoms with Crippen LogP contribution >= 0.6 is 0 Å². The molecule has 1 aliphatic heterocycles. The second-order valence-electron chi connectivity index (χ2n) is 6.29. The van der Waals surface area contributed by atoms with Crippen LogP contribution in [-0.4, -0.2) is 44.8 Å². The Balaban J connectivity index is 1.56. The van der Waals surface area contributed by atoms with Gasteiger partial charge < -0.3 is 10.0 Å². The summed E-state index contributed by atoms with van der Waals surface area (Å²) >= 11 is 0. The monoisotopic (exact) mass is 327 g/mol. The molecule has 1 saturated heterocycles. The molecule has 0 bridgehead atoms. The zero-order valence-corrected chi connectivity index (χ0v) is 13.7. The van der Waals surface area contributed by atoms with Crippen molar-refractivity contribution in [1.82, 2.24) is 14.7 Å². The molecule has 3 rings (SSSR count). The van der Waals surface area contributed by atoms with Gasteiger partial charge in [0.15, 0.2) is 0 Å². The molecule has 0 aliphatic carbocycles. The zero-order chi connectivity index (χ0) is 17.1. The van der Waals surface area contributed by atoms with E-state index in [1.165, 1.54) is 6.20 Å². The first-order valence-corrected chi connectivity index (χ1v) is 8.13. The van der Waals surface area contributed by atoms with Crippen molar-refractivity contribution in [2.45, 2.75) is 32.2 Å². The number of amides is 1. The highest BCUT2D eigenvalue weighted by Gasteiger charge is 2.24. The molecule has 2 aromatic rings. The van der Waals surface area contributed by atoms with E-state index in [2.05, 4.69) is 5.10 Å². The Labute approximate surface area is 140 Å². The third-order valence-corrected chi connectivity index (χ3v) is 4.48. The number of carbonyl (C=O) groups excluding carboxylic acids is 1. The molecular formula is C18H21N3O3. The number of carboxylic acids is 1. The summed E-state index contributed by atoms with van der Waals surface area (Å²) in [4.78, 5) is 25.3. The van der Waals surface area contributed by atoms with Gasteiger partial charge in [-0.05, 0) is 25.3 Å². The highest BCUT2D eigenvalue weighted by atomic mass is 16.4. The molecule has 0 spiro atoms. The topological polar surface area (TPSA) is 75.4 Å². The molecule has 1 aliphatic rings. The van der Waals surface area contributed by atoms with Gasteiger partial charge in [0.25, 0.3) is 0 Å². The lowest BCUT2D eigenvalue weighted by Gasteiger charge is -2.32. The molecule has 24 heavy (non-hydrogen) atoms. The molecule has 1 aromatic carbocycles. The minimum Gasteiger partial charge on any atom is -0.478 e. The lowest BCUT2D eigenvalue weighted by Crippen LogP contribution is -2.40. The number of likely N-dealkylation sites (tertiary alicyclic amines) is 1. The molecule has 2 heterocycles. The third-order valence-electron chi connectivity index (χ3n) is 4.48. The predicted molar refractivity (Wildman–Crippen MR) is 88.9 cm³/mol. The van der Waals surface area contributed by atoms with E-state index in [4.69, 9.17) is 5.11 Å². The maximum Gasteiger partial charge on any atom is 0.338 e. The van der Waals surface area contributed by atoms with Crippen LogP contribution in [0.25, 0.3) is 0 Å². The number of rotatable bonds is 4. The Morgan fingerprint density at radius 3 is 2.67 bits per heavy atom. The summed E-state index contributed by atoms with van der Waals surface area (Å²) < 4.78 is 1.71. The molecule has 0 unspecified atom stereocenters. The van der Waals surface area contributed by atoms with E-state index >= 15 is 0 Å². The fraction of sp³-hybridized carbons (Fsp3) is 0.389. The molecule has 1 aromatic heterocycles. The van der Waals surface area contributed by atoms with Gasteiger partial charge >= 0.3 is 5.97 Å². The van der Waals surface area contributed by atoms with Gasteiger partial charge in [-0.25, -0.2) is 4.79 Å². The number of hydrogen-bond acceptors (Lipinski definition) is 3. The smallest absolute Gasteiger partial charge is 0.338 e. The largest absolute Gasteiger partial charge is 0.478 e. The molecular weight excluding hydrogens is 306 g/mol. The molecule has 6 heteroatoms. The number of aryl methyl sites for hydroxylation is 1. The maximum atomic E-state index is 12.4. The average Bonchev–Trinajstić information content (AvgIpc) is 3.05. The van der Waals surface area contributed by atoms with Gasteiger partial charge in [-0.1, -0.05) is 29.8 Å². The lowest BCUT2D eigenvalue weighted by molar-refractivity contribution is -0.131. The van der Waals surface area contributed by atoms with Crippen LogP contribution in [0.4, 0.5) is 0 Å². The highest BCUT2D eigenvalue weighted by molar-refractivity contribution is 5.86. The van der Waals surface area contributed by atoms with Gasteiger partial charge in [0.05, 0.1) is 24.2 Å². The molecule has 0 atom stereocenters. The molecule has 1 amide bonds. The molecule has 0 radical (unpaired) electrons. The van der Waals surface area contributed by atoms with Crippen LogP contribution in [0.2, 0.25) is 0 Å². The summed E-state index contributed by atoms with van der Waals surface area (Å²) in [6.07, 6.45) is 4.95. The van der Waals surface area contributed by atoms with E-state index in [0.717, 1.165) is 24.0 Å². The minimum atomic E-state index is -0.966. The van der Waals surface area contributed by atoms with Crippen molar-refractivity contribution in [1.29, 1.82) is 0 Å². The summed E-state index contributed by atoms with van der Waals surface area (Å²) in [5.41, 5.74) is 2.40. The van der Waals surface area contributed by atoms with Gasteiger partial charge in [-0.15, -0.1) is 0 Å². The minimum absolute atomic E-state index is 0.144. The van der Waals surface area contributed by atoms with Gasteiger partial charge in [0, 0.05) is 19.3 Å². The first-order chi connectivity index (χ1) is 11.5. The Morgan fingerprint density at radius 1 is 1.29 bits per heavy atom. The van der Waals surface area contributed by atoms with Crippen molar-refractivity contribution < 1.29 is 14.7 Å². The Morgan fingerprint density at radius 2 is 2.04 bits per heavy atom. The molecule has 0 saturated carbocycles. The number of aromatic nitrogens is 2. The Kier molecular flexibility index (Phi) is 4.64. The normalized spacial score (nSPS) is 15.5. The summed E-state index contributed by atoms with van der Waals surface area (Å²) in [6.45, 7) is 3.38. The predicted octanol–water partition coefficient (Wildman–Crippen LogP) is 2.30. The quantitative estimate of drug-likeness (QED) is 0.935. The molecule has 1 N–H and O–H groups in total. The first kappa shape index (κ1) is 16.2. The second kappa shape index (κ2) is 6.86. The van der Waals surface area contributed by atoms with Crippen LogP contribution in [-0.2, 0) is 11.2 Å². The fourth-order valence-corrected chi connectivity index (χ4v) is 3.14. The number of piperidine rings is 1. The van der Waals surface area contributed by atoms with Crippen molar-refractivity contribution in [2.24, 2.45) is 0 Å². The van der Waals surface area contributed by atoms with Crippen molar-refractivity contribution in [2.75, 3.05) is 13.1 Å². The SMILES string of the molecule is Cc1cccc(CC(=O)N2CCC(n3cc(C(=O)O)cn3)CC2)c1. The number of aromatic carboxylic acids is 1. The van der Waals surface area contributed by atoms with E-state index in [9.17, 15) is 9.59 Å². The van der Waals surface area contributed by atoms with Gasteiger partial charge in [0.1, 0.15) is 0 Å². The number of nitrogens with zero attached hydrogens (tertiary/aromatic N) is 3. The third kappa shape index (κ3) is 3.64. The van der Waals surface area contributed by atoms with E-state index in [1.807, 2.05) is 36.1 Å². The zero-order valence-electron chi connectivity index (χ0n) is 13.7. The van der Waals surface area contributed by atoms with E-state index < -0.39 is 5.97 Å². The highest BCUT2D eigenvalue weighted by Crippen LogP contribution is 2.23. The van der Waals surface area contributed by atoms with E-state index in [-0.39, 0.29) is 17.5 Å². The van der Waals surface area contributed by atoms with Crippen LogP contribution in [0.1, 0.15) is 40.4 Å². The van der Waals surface area contributed by atoms with Crippen LogP contribution in [0.5, 0.6) is 0 Å². The summed E-state index contributed by atoms with van der Waals surface area (Å²) in [5.74, 6) is -0.822. The van der Waals surface area contributed by atoms with E-state index in [0.29, 0.717) is 19.5 Å². The standard InChI is InChI=1S/C18H21N3O3/c1-13-3-2-4-14(9-13)10-17(22)20-7-5-16(6-8-20)21-12-15(11-19-21)18(23)24/h2-4,9,11-12,16H,5-8,10H2,1H3,(H,23,24). The van der Waals surface area contributed by atoms with Crippen molar-refractivity contribution in [3.63, 3.8) is 0 Å². The van der Waals surface area contributed by atoms with Crippen molar-refractivity contribution >= 4 is 11.9 Å². The Bertz CT molecular complexity index is 745. The van der Waals surface area contributed by atoms with Crippen LogP contribution in [0.3, 0.4) is 0 Å². The fourth-order valence-electron chi connectivity index (χ4n) is 3.14. The number of carbonyl (C=O) groups is 2. The molecule has 1 fully saturated rings. The van der Waals surface area contributed by atoms with Crippen LogP contribution in [0, 0.1) is 6.92 Å². The summed E-state index contributed by atoms with van der Waals surface area (Å²) in [6, 6.07) is 8.18. The molecule has 6 nitrogen and oxygen atoms in total. The second-order valence-corrected chi connectivity index (χ2v) is 6.29. The maximum absolute atomic E-state index is 12.4. The number of benzene rings is 1.